The molecule has 1 fully saturated rings. The number of ketones is 1. The first kappa shape index (κ1) is 22.5. The van der Waals surface area contributed by atoms with Gasteiger partial charge in [-0.1, -0.05) is 18.0 Å². The largest absolute Gasteiger partial charge is 0.497 e. The molecule has 0 spiro atoms. The summed E-state index contributed by atoms with van der Waals surface area (Å²) in [6, 6.07) is 10.1. The maximum Gasteiger partial charge on any atom is 0.434 e. The first-order valence-corrected chi connectivity index (χ1v) is 10.8. The number of methoxy groups -OCH3 is 1. The van der Waals surface area contributed by atoms with Crippen LogP contribution >= 0.6 is 11.6 Å². The van der Waals surface area contributed by atoms with Crippen LogP contribution in [0, 0.1) is 5.92 Å². The zero-order valence-corrected chi connectivity index (χ0v) is 18.2. The first-order chi connectivity index (χ1) is 15.2. The normalized spacial score (nSPS) is 19.2. The SMILES string of the molecule is COc1ccc(C(=O)C[C@@H]2CCC[C@H](Nc3c(Cl)ccc4nc(C(F)(F)F)cn34)C2)cc1. The Bertz CT molecular complexity index is 1110. The molecule has 2 heterocycles. The number of imidazole rings is 1. The summed E-state index contributed by atoms with van der Waals surface area (Å²) in [6.07, 6.45) is 0.275. The fraction of sp³-hybridized carbons (Fsp3) is 0.391. The fourth-order valence-electron chi connectivity index (χ4n) is 4.27. The van der Waals surface area contributed by atoms with E-state index in [0.717, 1.165) is 31.9 Å². The number of aromatic nitrogens is 2. The lowest BCUT2D eigenvalue weighted by molar-refractivity contribution is -0.140. The minimum absolute atomic E-state index is 0.00254. The third kappa shape index (κ3) is 4.85. The Balaban J connectivity index is 1.47. The van der Waals surface area contributed by atoms with E-state index >= 15 is 0 Å². The number of carbonyl (C=O) groups excluding carboxylic acids is 1. The van der Waals surface area contributed by atoms with Gasteiger partial charge in [-0.3, -0.25) is 9.20 Å². The van der Waals surface area contributed by atoms with Gasteiger partial charge in [0.15, 0.2) is 11.5 Å². The second-order valence-electron chi connectivity index (χ2n) is 8.11. The highest BCUT2D eigenvalue weighted by molar-refractivity contribution is 6.33. The summed E-state index contributed by atoms with van der Waals surface area (Å²) in [5, 5.41) is 3.63. The fourth-order valence-corrected chi connectivity index (χ4v) is 4.47. The van der Waals surface area contributed by atoms with Crippen LogP contribution in [0.3, 0.4) is 0 Å². The molecule has 0 aliphatic heterocycles. The highest BCUT2D eigenvalue weighted by Gasteiger charge is 2.34. The second kappa shape index (κ2) is 9.02. The maximum absolute atomic E-state index is 13.1. The molecule has 0 bridgehead atoms. The molecule has 5 nitrogen and oxygen atoms in total. The maximum atomic E-state index is 13.1. The van der Waals surface area contributed by atoms with Crippen LogP contribution in [0.1, 0.15) is 48.2 Å². The molecule has 170 valence electrons. The van der Waals surface area contributed by atoms with Crippen LogP contribution in [0.5, 0.6) is 5.75 Å². The highest BCUT2D eigenvalue weighted by atomic mass is 35.5. The number of halogens is 4. The van der Waals surface area contributed by atoms with Crippen molar-refractivity contribution in [1.82, 2.24) is 9.38 Å². The molecule has 0 radical (unpaired) electrons. The molecule has 3 aromatic rings. The summed E-state index contributed by atoms with van der Waals surface area (Å²) in [4.78, 5) is 16.4. The number of carbonyl (C=O) groups is 1. The minimum atomic E-state index is -4.53. The Labute approximate surface area is 188 Å². The number of fused-ring (bicyclic) bond motifs is 1. The van der Waals surface area contributed by atoms with E-state index in [1.54, 1.807) is 37.4 Å². The summed E-state index contributed by atoms with van der Waals surface area (Å²) in [5.74, 6) is 1.34. The predicted molar refractivity (Wildman–Crippen MR) is 117 cm³/mol. The van der Waals surface area contributed by atoms with Gasteiger partial charge < -0.3 is 10.1 Å². The van der Waals surface area contributed by atoms with E-state index in [1.807, 2.05) is 0 Å². The predicted octanol–water partition coefficient (Wildman–Crippen LogP) is 6.26. The molecule has 32 heavy (non-hydrogen) atoms. The number of rotatable bonds is 6. The Morgan fingerprint density at radius 2 is 1.97 bits per heavy atom. The molecule has 1 aliphatic rings. The van der Waals surface area contributed by atoms with Crippen LogP contribution in [0.2, 0.25) is 5.02 Å². The number of anilines is 1. The molecule has 0 amide bonds. The van der Waals surface area contributed by atoms with Crippen LogP contribution < -0.4 is 10.1 Å². The van der Waals surface area contributed by atoms with Crippen molar-refractivity contribution in [3.63, 3.8) is 0 Å². The Kier molecular flexibility index (Phi) is 6.33. The van der Waals surface area contributed by atoms with E-state index in [4.69, 9.17) is 16.3 Å². The van der Waals surface area contributed by atoms with Gasteiger partial charge >= 0.3 is 6.18 Å². The van der Waals surface area contributed by atoms with Gasteiger partial charge in [0.1, 0.15) is 17.2 Å². The molecule has 1 aromatic carbocycles. The van der Waals surface area contributed by atoms with Crippen LogP contribution in [-0.4, -0.2) is 28.3 Å². The summed E-state index contributed by atoms with van der Waals surface area (Å²) < 4.78 is 45.8. The van der Waals surface area contributed by atoms with Crippen LogP contribution in [0.25, 0.3) is 5.65 Å². The topological polar surface area (TPSA) is 55.6 Å². The Morgan fingerprint density at radius 1 is 1.22 bits per heavy atom. The zero-order chi connectivity index (χ0) is 22.9. The Morgan fingerprint density at radius 3 is 2.66 bits per heavy atom. The minimum Gasteiger partial charge on any atom is -0.497 e. The molecule has 0 saturated heterocycles. The number of nitrogens with one attached hydrogen (secondary N) is 1. The van der Waals surface area contributed by atoms with Gasteiger partial charge in [-0.2, -0.15) is 13.2 Å². The first-order valence-electron chi connectivity index (χ1n) is 10.4. The van der Waals surface area contributed by atoms with Crippen LogP contribution in [-0.2, 0) is 6.18 Å². The molecule has 1 saturated carbocycles. The second-order valence-corrected chi connectivity index (χ2v) is 8.52. The average molecular weight is 466 g/mol. The third-order valence-corrected chi connectivity index (χ3v) is 6.18. The summed E-state index contributed by atoms with van der Waals surface area (Å²) in [7, 11) is 1.58. The lowest BCUT2D eigenvalue weighted by Gasteiger charge is -2.30. The molecule has 4 rings (SSSR count). The van der Waals surface area contributed by atoms with E-state index in [-0.39, 0.29) is 23.4 Å². The number of benzene rings is 1. The van der Waals surface area contributed by atoms with Gasteiger partial charge in [-0.15, -0.1) is 0 Å². The van der Waals surface area contributed by atoms with Gasteiger partial charge in [0.25, 0.3) is 0 Å². The number of pyridine rings is 1. The molecule has 0 unspecified atom stereocenters. The lowest BCUT2D eigenvalue weighted by atomic mass is 9.82. The quantitative estimate of drug-likeness (QED) is 0.436. The number of alkyl halides is 3. The van der Waals surface area contributed by atoms with Crippen molar-refractivity contribution in [2.75, 3.05) is 12.4 Å². The molecular formula is C23H23ClF3N3O2. The van der Waals surface area contributed by atoms with Gasteiger partial charge in [0.05, 0.1) is 12.1 Å². The summed E-state index contributed by atoms with van der Waals surface area (Å²) in [5.41, 5.74) is -0.146. The smallest absolute Gasteiger partial charge is 0.434 e. The number of Topliss-reactive ketones (excluding diaryl/α,β-unsaturated/α-hetero) is 1. The van der Waals surface area contributed by atoms with Crippen molar-refractivity contribution in [2.45, 2.75) is 44.3 Å². The van der Waals surface area contributed by atoms with Crippen LogP contribution in [0.15, 0.2) is 42.6 Å². The zero-order valence-electron chi connectivity index (χ0n) is 17.5. The number of nitrogens with zero attached hydrogens (tertiary/aromatic N) is 2. The van der Waals surface area contributed by atoms with E-state index in [1.165, 1.54) is 10.5 Å². The van der Waals surface area contributed by atoms with E-state index in [2.05, 4.69) is 10.3 Å². The lowest BCUT2D eigenvalue weighted by Crippen LogP contribution is -2.29. The standard InChI is InChI=1S/C23H23ClF3N3O2/c1-32-17-7-5-15(6-8-17)19(31)12-14-3-2-4-16(11-14)28-22-18(24)9-10-21-29-20(13-30(21)22)23(25,26)27/h5-10,13-14,16,28H,2-4,11-12H2,1H3/t14-,16+/m1/s1. The molecular weight excluding hydrogens is 443 g/mol. The van der Waals surface area contributed by atoms with Crippen molar-refractivity contribution in [3.8, 4) is 5.75 Å². The number of ether oxygens (including phenoxy) is 1. The molecule has 1 aliphatic carbocycles. The summed E-state index contributed by atoms with van der Waals surface area (Å²) in [6.45, 7) is 0. The van der Waals surface area contributed by atoms with E-state index < -0.39 is 11.9 Å². The van der Waals surface area contributed by atoms with Crippen molar-refractivity contribution >= 4 is 28.8 Å². The molecule has 1 N–H and O–H groups in total. The number of hydrogen-bond acceptors (Lipinski definition) is 4. The van der Waals surface area contributed by atoms with Crippen molar-refractivity contribution < 1.29 is 22.7 Å². The third-order valence-electron chi connectivity index (χ3n) is 5.88. The Hall–Kier alpha value is -2.74. The molecule has 2 atom stereocenters. The van der Waals surface area contributed by atoms with E-state index in [0.29, 0.717) is 28.6 Å². The van der Waals surface area contributed by atoms with Crippen molar-refractivity contribution in [1.29, 1.82) is 0 Å². The monoisotopic (exact) mass is 465 g/mol. The van der Waals surface area contributed by atoms with Gasteiger partial charge in [0, 0.05) is 24.2 Å². The van der Waals surface area contributed by atoms with Crippen LogP contribution in [0.4, 0.5) is 19.0 Å². The van der Waals surface area contributed by atoms with E-state index in [9.17, 15) is 18.0 Å². The molecule has 2 aromatic heterocycles. The average Bonchev–Trinajstić information content (AvgIpc) is 3.21. The summed E-state index contributed by atoms with van der Waals surface area (Å²) >= 11 is 6.31. The van der Waals surface area contributed by atoms with Gasteiger partial charge in [-0.25, -0.2) is 4.98 Å². The highest BCUT2D eigenvalue weighted by Crippen LogP contribution is 2.34. The van der Waals surface area contributed by atoms with Crippen molar-refractivity contribution in [3.05, 3.63) is 58.9 Å². The van der Waals surface area contributed by atoms with Crippen molar-refractivity contribution in [2.24, 2.45) is 5.92 Å². The van der Waals surface area contributed by atoms with Gasteiger partial charge in [-0.05, 0) is 61.6 Å². The van der Waals surface area contributed by atoms with Gasteiger partial charge in [0.2, 0.25) is 0 Å². The molecule has 9 heteroatoms. The number of hydrogen-bond donors (Lipinski definition) is 1.